The first-order valence-electron chi connectivity index (χ1n) is 9.49. The van der Waals surface area contributed by atoms with Gasteiger partial charge in [-0.15, -0.1) is 0 Å². The normalized spacial score (nSPS) is 13.0. The molecule has 2 aromatic carbocycles. The predicted octanol–water partition coefficient (Wildman–Crippen LogP) is 3.70. The summed E-state index contributed by atoms with van der Waals surface area (Å²) < 4.78 is 34.1. The van der Waals surface area contributed by atoms with E-state index in [0.29, 0.717) is 5.76 Å². The number of sulfonamides is 1. The van der Waals surface area contributed by atoms with Crippen LogP contribution >= 0.6 is 0 Å². The molecule has 1 amide bonds. The number of furan rings is 1. The number of fused-ring (bicyclic) bond motifs is 1. The summed E-state index contributed by atoms with van der Waals surface area (Å²) >= 11 is 0. The second-order valence-corrected chi connectivity index (χ2v) is 9.27. The zero-order valence-electron chi connectivity index (χ0n) is 17.0. The maximum atomic E-state index is 13.0. The Morgan fingerprint density at radius 1 is 1.07 bits per heavy atom. The third-order valence-electron chi connectivity index (χ3n) is 4.81. The molecule has 0 aliphatic carbocycles. The summed E-state index contributed by atoms with van der Waals surface area (Å²) in [5.74, 6) is 0.883. The highest BCUT2D eigenvalue weighted by Gasteiger charge is 2.30. The van der Waals surface area contributed by atoms with Crippen LogP contribution in [0.5, 0.6) is 0 Å². The van der Waals surface area contributed by atoms with Crippen LogP contribution in [0.2, 0.25) is 0 Å². The van der Waals surface area contributed by atoms with Crippen LogP contribution in [-0.4, -0.2) is 32.3 Å². The molecule has 1 atom stereocenters. The van der Waals surface area contributed by atoms with Crippen molar-refractivity contribution in [3.8, 4) is 0 Å². The highest BCUT2D eigenvalue weighted by atomic mass is 32.2. The smallest absolute Gasteiger partial charge is 0.241 e. The lowest BCUT2D eigenvalue weighted by Gasteiger charge is -2.26. The first-order chi connectivity index (χ1) is 13.7. The Balaban J connectivity index is 1.81. The molecule has 1 heterocycles. The number of benzene rings is 2. The second kappa shape index (κ2) is 8.39. The maximum Gasteiger partial charge on any atom is 0.241 e. The molecule has 154 valence electrons. The fourth-order valence-electron chi connectivity index (χ4n) is 3.16. The van der Waals surface area contributed by atoms with Gasteiger partial charge in [-0.05, 0) is 47.9 Å². The SMILES string of the molecule is Cc1ccc(CN(C)C(=O)C(NS(=O)(=O)c2ccc3ccccc3c2)C(C)C)o1. The van der Waals surface area contributed by atoms with Crippen molar-refractivity contribution in [2.45, 2.75) is 38.3 Å². The van der Waals surface area contributed by atoms with Gasteiger partial charge >= 0.3 is 0 Å². The van der Waals surface area contributed by atoms with Gasteiger partial charge in [-0.2, -0.15) is 4.72 Å². The number of carbonyl (C=O) groups excluding carboxylic acids is 1. The fraction of sp³-hybridized carbons (Fsp3) is 0.318. The maximum absolute atomic E-state index is 13.0. The molecular weight excluding hydrogens is 388 g/mol. The predicted molar refractivity (Wildman–Crippen MR) is 113 cm³/mol. The molecule has 7 heteroatoms. The van der Waals surface area contributed by atoms with Crippen LogP contribution in [0.25, 0.3) is 10.8 Å². The molecule has 0 aliphatic heterocycles. The minimum Gasteiger partial charge on any atom is -0.464 e. The van der Waals surface area contributed by atoms with Crippen LogP contribution < -0.4 is 4.72 Å². The molecule has 1 unspecified atom stereocenters. The number of nitrogens with one attached hydrogen (secondary N) is 1. The van der Waals surface area contributed by atoms with E-state index in [-0.39, 0.29) is 23.3 Å². The van der Waals surface area contributed by atoms with Crippen LogP contribution in [-0.2, 0) is 21.4 Å². The van der Waals surface area contributed by atoms with Crippen molar-refractivity contribution in [2.24, 2.45) is 5.92 Å². The van der Waals surface area contributed by atoms with E-state index in [2.05, 4.69) is 4.72 Å². The molecule has 1 aromatic heterocycles. The van der Waals surface area contributed by atoms with Crippen LogP contribution in [0.1, 0.15) is 25.4 Å². The van der Waals surface area contributed by atoms with Crippen molar-refractivity contribution in [2.75, 3.05) is 7.05 Å². The topological polar surface area (TPSA) is 79.6 Å². The number of carbonyl (C=O) groups is 1. The first-order valence-corrected chi connectivity index (χ1v) is 11.0. The van der Waals surface area contributed by atoms with Gasteiger partial charge in [0.1, 0.15) is 17.6 Å². The molecular formula is C22H26N2O4S. The number of aryl methyl sites for hydroxylation is 1. The highest BCUT2D eigenvalue weighted by Crippen LogP contribution is 2.20. The van der Waals surface area contributed by atoms with E-state index in [9.17, 15) is 13.2 Å². The first kappa shape index (κ1) is 21.1. The number of amides is 1. The Kier molecular flexibility index (Phi) is 6.10. The van der Waals surface area contributed by atoms with Crippen molar-refractivity contribution in [1.82, 2.24) is 9.62 Å². The summed E-state index contributed by atoms with van der Waals surface area (Å²) in [6.45, 7) is 5.74. The largest absolute Gasteiger partial charge is 0.464 e. The molecule has 0 aliphatic rings. The van der Waals surface area contributed by atoms with Crippen molar-refractivity contribution < 1.29 is 17.6 Å². The molecule has 3 aromatic rings. The van der Waals surface area contributed by atoms with Crippen molar-refractivity contribution in [1.29, 1.82) is 0 Å². The van der Waals surface area contributed by atoms with Gasteiger partial charge in [0.25, 0.3) is 0 Å². The summed E-state index contributed by atoms with van der Waals surface area (Å²) in [6, 6.07) is 15.2. The molecule has 1 N–H and O–H groups in total. The van der Waals surface area contributed by atoms with Gasteiger partial charge in [-0.3, -0.25) is 4.79 Å². The number of likely N-dealkylation sites (N-methyl/N-ethyl adjacent to an activating group) is 1. The molecule has 0 radical (unpaired) electrons. The van der Waals surface area contributed by atoms with Crippen LogP contribution in [0.4, 0.5) is 0 Å². The van der Waals surface area contributed by atoms with Gasteiger partial charge in [0.2, 0.25) is 15.9 Å². The quantitative estimate of drug-likeness (QED) is 0.639. The summed E-state index contributed by atoms with van der Waals surface area (Å²) in [5, 5.41) is 1.78. The Bertz CT molecular complexity index is 1120. The van der Waals surface area contributed by atoms with E-state index in [0.717, 1.165) is 16.5 Å². The van der Waals surface area contributed by atoms with Crippen LogP contribution in [0, 0.1) is 12.8 Å². The minimum atomic E-state index is -3.86. The summed E-state index contributed by atoms with van der Waals surface area (Å²) in [7, 11) is -2.23. The number of nitrogens with zero attached hydrogens (tertiary/aromatic N) is 1. The fourth-order valence-corrected chi connectivity index (χ4v) is 4.53. The minimum absolute atomic E-state index is 0.138. The lowest BCUT2D eigenvalue weighted by atomic mass is 10.0. The van der Waals surface area contributed by atoms with Gasteiger partial charge in [0.05, 0.1) is 11.4 Å². The summed E-state index contributed by atoms with van der Waals surface area (Å²) in [5.41, 5.74) is 0. The molecule has 0 fully saturated rings. The van der Waals surface area contributed by atoms with Crippen molar-refractivity contribution in [3.05, 3.63) is 66.1 Å². The Hall–Kier alpha value is -2.64. The van der Waals surface area contributed by atoms with Gasteiger partial charge in [-0.1, -0.05) is 44.2 Å². The molecule has 0 saturated heterocycles. The molecule has 0 bridgehead atoms. The molecule has 0 saturated carbocycles. The van der Waals surface area contributed by atoms with E-state index in [1.807, 2.05) is 57.2 Å². The molecule has 29 heavy (non-hydrogen) atoms. The lowest BCUT2D eigenvalue weighted by Crippen LogP contribution is -2.49. The Morgan fingerprint density at radius 3 is 2.38 bits per heavy atom. The zero-order valence-corrected chi connectivity index (χ0v) is 17.9. The second-order valence-electron chi connectivity index (χ2n) is 7.56. The molecule has 0 spiro atoms. The van der Waals surface area contributed by atoms with E-state index < -0.39 is 16.1 Å². The van der Waals surface area contributed by atoms with Crippen LogP contribution in [0.3, 0.4) is 0 Å². The molecule has 3 rings (SSSR count). The third-order valence-corrected chi connectivity index (χ3v) is 6.25. The summed E-state index contributed by atoms with van der Waals surface area (Å²) in [4.78, 5) is 14.6. The Morgan fingerprint density at radius 2 is 1.76 bits per heavy atom. The van der Waals surface area contributed by atoms with Crippen molar-refractivity contribution >= 4 is 26.7 Å². The van der Waals surface area contributed by atoms with Crippen molar-refractivity contribution in [3.63, 3.8) is 0 Å². The van der Waals surface area contributed by atoms with Gasteiger partial charge in [-0.25, -0.2) is 8.42 Å². The summed E-state index contributed by atoms with van der Waals surface area (Å²) in [6.07, 6.45) is 0. The van der Waals surface area contributed by atoms with Crippen LogP contribution in [0.15, 0.2) is 63.9 Å². The number of rotatable bonds is 7. The van der Waals surface area contributed by atoms with Gasteiger partial charge < -0.3 is 9.32 Å². The average Bonchev–Trinajstić information content (AvgIpc) is 3.09. The van der Waals surface area contributed by atoms with E-state index in [4.69, 9.17) is 4.42 Å². The van der Waals surface area contributed by atoms with Gasteiger partial charge in [0.15, 0.2) is 0 Å². The third kappa shape index (κ3) is 4.86. The molecule has 6 nitrogen and oxygen atoms in total. The lowest BCUT2D eigenvalue weighted by molar-refractivity contribution is -0.133. The van der Waals surface area contributed by atoms with E-state index in [1.54, 1.807) is 25.2 Å². The number of hydrogen-bond donors (Lipinski definition) is 1. The Labute approximate surface area is 171 Å². The van der Waals surface area contributed by atoms with Gasteiger partial charge in [0, 0.05) is 7.05 Å². The zero-order chi connectivity index (χ0) is 21.2. The van der Waals surface area contributed by atoms with E-state index >= 15 is 0 Å². The monoisotopic (exact) mass is 414 g/mol. The number of hydrogen-bond acceptors (Lipinski definition) is 4. The highest BCUT2D eigenvalue weighted by molar-refractivity contribution is 7.89. The average molecular weight is 415 g/mol. The standard InChI is InChI=1S/C22H26N2O4S/c1-15(2)21(22(25)24(4)14-19-11-9-16(3)28-19)23-29(26,27)20-12-10-17-7-5-6-8-18(17)13-20/h5-13,15,21,23H,14H2,1-4H3. The van der Waals surface area contributed by atoms with E-state index in [1.165, 1.54) is 4.90 Å².